The summed E-state index contributed by atoms with van der Waals surface area (Å²) in [5.74, 6) is -0.728. The molecule has 10 heteroatoms. The van der Waals surface area contributed by atoms with Gasteiger partial charge in [0.25, 0.3) is 5.69 Å². The smallest absolute Gasteiger partial charge is 0.305 e. The number of nitro groups is 1. The first-order chi connectivity index (χ1) is 9.74. The average molecular weight is 313 g/mol. The normalized spacial score (nSPS) is 18.6. The zero-order valence-electron chi connectivity index (χ0n) is 10.4. The second-order valence-electron chi connectivity index (χ2n) is 4.38. The third-order valence-corrected chi connectivity index (χ3v) is 4.19. The Labute approximate surface area is 118 Å². The van der Waals surface area contributed by atoms with E-state index in [9.17, 15) is 27.2 Å². The predicted molar refractivity (Wildman–Crippen MR) is 68.6 cm³/mol. The summed E-state index contributed by atoms with van der Waals surface area (Å²) < 4.78 is 34.7. The van der Waals surface area contributed by atoms with Crippen LogP contribution in [-0.2, 0) is 15.0 Å². The van der Waals surface area contributed by atoms with Crippen LogP contribution >= 0.6 is 0 Å². The fourth-order valence-electron chi connectivity index (χ4n) is 2.06. The van der Waals surface area contributed by atoms with Crippen LogP contribution in [0.25, 0.3) is 0 Å². The van der Waals surface area contributed by atoms with Crippen molar-refractivity contribution in [3.8, 4) is 6.07 Å². The average Bonchev–Trinajstić information content (AvgIpc) is 2.80. The highest BCUT2D eigenvalue weighted by atomic mass is 32.3. The SMILES string of the molecule is N#Cc1ccc(N2CC(S(=O)(=O)F)CC2=O)c([N+](=O)[O-])c1. The topological polar surface area (TPSA) is 121 Å². The maximum Gasteiger partial charge on any atom is 0.307 e. The Bertz CT molecular complexity index is 771. The summed E-state index contributed by atoms with van der Waals surface area (Å²) in [4.78, 5) is 22.8. The van der Waals surface area contributed by atoms with E-state index in [1.165, 1.54) is 12.1 Å². The van der Waals surface area contributed by atoms with Gasteiger partial charge in [-0.1, -0.05) is 0 Å². The minimum Gasteiger partial charge on any atom is -0.305 e. The largest absolute Gasteiger partial charge is 0.307 e. The van der Waals surface area contributed by atoms with E-state index in [-0.39, 0.29) is 11.3 Å². The van der Waals surface area contributed by atoms with Gasteiger partial charge in [-0.15, -0.1) is 3.89 Å². The van der Waals surface area contributed by atoms with Crippen LogP contribution in [-0.4, -0.2) is 31.0 Å². The third-order valence-electron chi connectivity index (χ3n) is 3.08. The highest BCUT2D eigenvalue weighted by molar-refractivity contribution is 7.87. The van der Waals surface area contributed by atoms with Gasteiger partial charge in [0, 0.05) is 19.0 Å². The van der Waals surface area contributed by atoms with Crippen molar-refractivity contribution in [1.29, 1.82) is 5.26 Å². The molecule has 1 fully saturated rings. The molecule has 0 radical (unpaired) electrons. The maximum absolute atomic E-state index is 13.0. The monoisotopic (exact) mass is 313 g/mol. The molecule has 8 nitrogen and oxygen atoms in total. The summed E-state index contributed by atoms with van der Waals surface area (Å²) in [7, 11) is -4.91. The van der Waals surface area contributed by atoms with Crippen molar-refractivity contribution < 1.29 is 22.0 Å². The number of nitro benzene ring substituents is 1. The lowest BCUT2D eigenvalue weighted by Crippen LogP contribution is -2.27. The highest BCUT2D eigenvalue weighted by Crippen LogP contribution is 2.33. The summed E-state index contributed by atoms with van der Waals surface area (Å²) in [5, 5.41) is 18.2. The fraction of sp³-hybridized carbons (Fsp3) is 0.273. The van der Waals surface area contributed by atoms with E-state index in [2.05, 4.69) is 0 Å². The second kappa shape index (κ2) is 5.10. The van der Waals surface area contributed by atoms with Crippen LogP contribution < -0.4 is 4.90 Å². The van der Waals surface area contributed by atoms with Crippen LogP contribution in [0.1, 0.15) is 12.0 Å². The molecule has 1 heterocycles. The molecular formula is C11H8FN3O5S. The van der Waals surface area contributed by atoms with Gasteiger partial charge in [-0.25, -0.2) is 0 Å². The summed E-state index contributed by atoms with van der Waals surface area (Å²) in [5.41, 5.74) is -0.652. The van der Waals surface area contributed by atoms with Crippen LogP contribution in [0.2, 0.25) is 0 Å². The van der Waals surface area contributed by atoms with Crippen molar-refractivity contribution in [1.82, 2.24) is 0 Å². The van der Waals surface area contributed by atoms with Crippen molar-refractivity contribution in [3.05, 3.63) is 33.9 Å². The molecule has 0 bridgehead atoms. The van der Waals surface area contributed by atoms with E-state index >= 15 is 0 Å². The van der Waals surface area contributed by atoms with Crippen molar-refractivity contribution in [3.63, 3.8) is 0 Å². The van der Waals surface area contributed by atoms with E-state index in [1.54, 1.807) is 6.07 Å². The lowest BCUT2D eigenvalue weighted by atomic mass is 10.1. The Kier molecular flexibility index (Phi) is 3.61. The first kappa shape index (κ1) is 14.9. The molecule has 110 valence electrons. The summed E-state index contributed by atoms with van der Waals surface area (Å²) in [6.07, 6.45) is -0.573. The molecule has 2 rings (SSSR count). The van der Waals surface area contributed by atoms with Crippen molar-refractivity contribution >= 4 is 27.5 Å². The molecule has 21 heavy (non-hydrogen) atoms. The molecule has 1 aromatic rings. The van der Waals surface area contributed by atoms with Gasteiger partial charge in [-0.05, 0) is 12.1 Å². The van der Waals surface area contributed by atoms with Gasteiger partial charge in [-0.2, -0.15) is 13.7 Å². The van der Waals surface area contributed by atoms with Crippen molar-refractivity contribution in [2.24, 2.45) is 0 Å². The Balaban J connectivity index is 2.46. The number of carbonyl (C=O) groups excluding carboxylic acids is 1. The molecule has 0 aromatic heterocycles. The minimum atomic E-state index is -4.91. The number of nitrogens with zero attached hydrogens (tertiary/aromatic N) is 3. The van der Waals surface area contributed by atoms with Gasteiger partial charge in [-0.3, -0.25) is 14.9 Å². The predicted octanol–water partition coefficient (Wildman–Crippen LogP) is 0.871. The molecule has 0 aliphatic carbocycles. The Morgan fingerprint density at radius 1 is 1.48 bits per heavy atom. The fourth-order valence-corrected chi connectivity index (χ4v) is 2.73. The van der Waals surface area contributed by atoms with Gasteiger partial charge < -0.3 is 4.90 Å². The van der Waals surface area contributed by atoms with Gasteiger partial charge >= 0.3 is 10.2 Å². The van der Waals surface area contributed by atoms with E-state index in [0.29, 0.717) is 0 Å². The molecule has 1 saturated heterocycles. The van der Waals surface area contributed by atoms with Crippen molar-refractivity contribution in [2.75, 3.05) is 11.4 Å². The maximum atomic E-state index is 13.0. The second-order valence-corrected chi connectivity index (χ2v) is 6.00. The molecule has 0 spiro atoms. The number of nitriles is 1. The summed E-state index contributed by atoms with van der Waals surface area (Å²) in [6.45, 7) is -0.496. The third kappa shape index (κ3) is 2.82. The standard InChI is InChI=1S/C11H8FN3O5S/c12-21(19,20)8-4-11(16)14(6-8)9-2-1-7(5-13)3-10(9)15(17)18/h1-3,8H,4,6H2. The molecule has 1 unspecified atom stereocenters. The molecule has 0 saturated carbocycles. The Morgan fingerprint density at radius 2 is 2.14 bits per heavy atom. The molecule has 1 aromatic carbocycles. The van der Waals surface area contributed by atoms with E-state index < -0.39 is 45.0 Å². The van der Waals surface area contributed by atoms with Gasteiger partial charge in [0.2, 0.25) is 5.91 Å². The first-order valence-electron chi connectivity index (χ1n) is 5.66. The Morgan fingerprint density at radius 3 is 2.62 bits per heavy atom. The highest BCUT2D eigenvalue weighted by Gasteiger charge is 2.41. The van der Waals surface area contributed by atoms with Crippen molar-refractivity contribution in [2.45, 2.75) is 11.7 Å². The van der Waals surface area contributed by atoms with Crippen LogP contribution in [0.3, 0.4) is 0 Å². The molecule has 1 atom stereocenters. The van der Waals surface area contributed by atoms with E-state index in [1.807, 2.05) is 0 Å². The number of halogens is 1. The lowest BCUT2D eigenvalue weighted by molar-refractivity contribution is -0.384. The number of anilines is 1. The summed E-state index contributed by atoms with van der Waals surface area (Å²) >= 11 is 0. The van der Waals surface area contributed by atoms with Gasteiger partial charge in [0.1, 0.15) is 10.9 Å². The quantitative estimate of drug-likeness (QED) is 0.463. The number of carbonyl (C=O) groups is 1. The first-order valence-corrected chi connectivity index (χ1v) is 7.11. The molecule has 1 amide bonds. The number of hydrogen-bond donors (Lipinski definition) is 0. The van der Waals surface area contributed by atoms with Crippen LogP contribution in [0.5, 0.6) is 0 Å². The molecule has 1 aliphatic rings. The molecule has 0 N–H and O–H groups in total. The summed E-state index contributed by atoms with van der Waals surface area (Å²) in [6, 6.07) is 5.12. The van der Waals surface area contributed by atoms with Gasteiger partial charge in [0.05, 0.1) is 16.6 Å². The molecular weight excluding hydrogens is 305 g/mol. The number of amides is 1. The van der Waals surface area contributed by atoms with Gasteiger partial charge in [0.15, 0.2) is 0 Å². The zero-order valence-corrected chi connectivity index (χ0v) is 11.2. The number of rotatable bonds is 3. The van der Waals surface area contributed by atoms with Crippen LogP contribution in [0, 0.1) is 21.4 Å². The molecule has 1 aliphatic heterocycles. The van der Waals surface area contributed by atoms with E-state index in [0.717, 1.165) is 11.0 Å². The Hall–Kier alpha value is -2.54. The lowest BCUT2D eigenvalue weighted by Gasteiger charge is -2.16. The van der Waals surface area contributed by atoms with Crippen LogP contribution in [0.4, 0.5) is 15.3 Å². The van der Waals surface area contributed by atoms with E-state index in [4.69, 9.17) is 5.26 Å². The number of hydrogen-bond acceptors (Lipinski definition) is 6. The number of benzene rings is 1. The zero-order chi connectivity index (χ0) is 15.8. The minimum absolute atomic E-state index is 0.0201. The van der Waals surface area contributed by atoms with Crippen LogP contribution in [0.15, 0.2) is 18.2 Å².